The van der Waals surface area contributed by atoms with Gasteiger partial charge in [0.1, 0.15) is 17.2 Å². The molecule has 0 spiro atoms. The molecule has 228 valence electrons. The van der Waals surface area contributed by atoms with E-state index < -0.39 is 66.1 Å². The van der Waals surface area contributed by atoms with Crippen LogP contribution in [0.2, 0.25) is 5.02 Å². The molecule has 1 atom stereocenters. The molecule has 3 aromatic rings. The molecule has 43 heavy (non-hydrogen) atoms. The van der Waals surface area contributed by atoms with Crippen molar-refractivity contribution >= 4 is 39.0 Å². The Labute approximate surface area is 249 Å². The second kappa shape index (κ2) is 12.5. The summed E-state index contributed by atoms with van der Waals surface area (Å²) in [7, 11) is -2.47. The van der Waals surface area contributed by atoms with Crippen molar-refractivity contribution in [2.45, 2.75) is 37.4 Å². The number of benzene rings is 3. The number of amides is 2. The first-order valence-corrected chi connectivity index (χ1v) is 14.4. The zero-order valence-corrected chi connectivity index (χ0v) is 24.8. The average Bonchev–Trinajstić information content (AvgIpc) is 2.88. The molecule has 0 radical (unpaired) electrons. The number of hydrogen-bond acceptors (Lipinski definition) is 7. The van der Waals surface area contributed by atoms with Gasteiger partial charge in [0.05, 0.1) is 49.5 Å². The highest BCUT2D eigenvalue weighted by Crippen LogP contribution is 2.41. The van der Waals surface area contributed by atoms with Gasteiger partial charge in [-0.15, -0.1) is 4.36 Å². The van der Waals surface area contributed by atoms with Crippen LogP contribution in [0.15, 0.2) is 57.8 Å². The van der Waals surface area contributed by atoms with E-state index in [4.69, 9.17) is 31.1 Å². The lowest BCUT2D eigenvalue weighted by Gasteiger charge is -2.18. The van der Waals surface area contributed by atoms with Gasteiger partial charge in [0, 0.05) is 18.0 Å². The zero-order valence-electron chi connectivity index (χ0n) is 23.3. The van der Waals surface area contributed by atoms with Gasteiger partial charge in [-0.3, -0.25) is 4.79 Å². The van der Waals surface area contributed by atoms with E-state index in [1.54, 1.807) is 20.8 Å². The smallest absolute Gasteiger partial charge is 0.442 e. The molecule has 15 heteroatoms. The molecule has 0 fully saturated rings. The number of rotatable bonds is 6. The Morgan fingerprint density at radius 3 is 2.28 bits per heavy atom. The molecule has 9 nitrogen and oxygen atoms in total. The molecule has 0 heterocycles. The summed E-state index contributed by atoms with van der Waals surface area (Å²) < 4.78 is 88.1. The van der Waals surface area contributed by atoms with Gasteiger partial charge in [-0.2, -0.15) is 18.4 Å². The molecule has 0 unspecified atom stereocenters. The van der Waals surface area contributed by atoms with Crippen molar-refractivity contribution in [2.24, 2.45) is 4.36 Å². The fourth-order valence-corrected chi connectivity index (χ4v) is 4.98. The van der Waals surface area contributed by atoms with Crippen molar-refractivity contribution in [1.82, 2.24) is 0 Å². The minimum atomic E-state index is -4.91. The summed E-state index contributed by atoms with van der Waals surface area (Å²) in [6.07, 6.45) is -5.12. The molecule has 1 N–H and O–H groups in total. The van der Waals surface area contributed by atoms with E-state index in [-0.39, 0.29) is 22.7 Å². The summed E-state index contributed by atoms with van der Waals surface area (Å²) in [5.41, 5.74) is -2.70. The van der Waals surface area contributed by atoms with Crippen LogP contribution in [-0.2, 0) is 20.6 Å². The Hall–Kier alpha value is -4.35. The monoisotopic (exact) mass is 641 g/mol. The molecule has 3 aromatic carbocycles. The van der Waals surface area contributed by atoms with E-state index in [1.807, 2.05) is 6.07 Å². The number of carbonyl (C=O) groups excluding carboxylic acids is 2. The number of alkyl halides is 3. The zero-order chi connectivity index (χ0) is 32.3. The number of ether oxygens (including phenoxy) is 3. The van der Waals surface area contributed by atoms with Crippen LogP contribution >= 0.6 is 11.6 Å². The Balaban J connectivity index is 2.06. The quantitative estimate of drug-likeness (QED) is 0.272. The summed E-state index contributed by atoms with van der Waals surface area (Å²) in [6.45, 7) is 4.66. The third-order valence-corrected chi connectivity index (χ3v) is 7.31. The van der Waals surface area contributed by atoms with Gasteiger partial charge < -0.3 is 19.5 Å². The van der Waals surface area contributed by atoms with Gasteiger partial charge in [0.15, 0.2) is 11.5 Å². The average molecular weight is 642 g/mol. The Bertz CT molecular complexity index is 1760. The van der Waals surface area contributed by atoms with Crippen LogP contribution in [0, 0.1) is 17.1 Å². The molecule has 0 aromatic heterocycles. The van der Waals surface area contributed by atoms with Crippen molar-refractivity contribution in [3.63, 3.8) is 0 Å². The first-order chi connectivity index (χ1) is 19.8. The number of nitrogens with one attached hydrogen (secondary N) is 1. The fraction of sp³-hybridized carbons (Fsp3) is 0.250. The second-order valence-corrected chi connectivity index (χ2v) is 12.5. The van der Waals surface area contributed by atoms with E-state index in [1.165, 1.54) is 25.3 Å². The van der Waals surface area contributed by atoms with Crippen LogP contribution in [0.1, 0.15) is 42.3 Å². The van der Waals surface area contributed by atoms with E-state index in [9.17, 15) is 31.4 Å². The highest BCUT2D eigenvalue weighted by atomic mass is 35.5. The topological polar surface area (TPSA) is 127 Å². The van der Waals surface area contributed by atoms with E-state index in [2.05, 4.69) is 9.68 Å². The van der Waals surface area contributed by atoms with Crippen molar-refractivity contribution in [3.8, 4) is 23.3 Å². The number of halogens is 5. The van der Waals surface area contributed by atoms with Gasteiger partial charge in [0.2, 0.25) is 0 Å². The number of nitriles is 1. The Kier molecular flexibility index (Phi) is 9.63. The predicted molar refractivity (Wildman–Crippen MR) is 150 cm³/mol. The summed E-state index contributed by atoms with van der Waals surface area (Å²) in [5, 5.41) is 10.7. The van der Waals surface area contributed by atoms with Gasteiger partial charge in [-0.05, 0) is 63.2 Å². The molecule has 0 aliphatic carbocycles. The van der Waals surface area contributed by atoms with Crippen molar-refractivity contribution in [1.29, 1.82) is 5.26 Å². The minimum absolute atomic E-state index is 0.0106. The second-order valence-electron chi connectivity index (χ2n) is 9.88. The number of nitrogens with zero attached hydrogens (tertiary/aromatic N) is 2. The molecule has 2 amide bonds. The minimum Gasteiger partial charge on any atom is -0.493 e. The summed E-state index contributed by atoms with van der Waals surface area (Å²) in [6, 6.07) is 9.90. The van der Waals surface area contributed by atoms with Gasteiger partial charge in [-0.1, -0.05) is 11.6 Å². The normalized spacial score (nSPS) is 12.9. The van der Waals surface area contributed by atoms with Crippen molar-refractivity contribution in [3.05, 3.63) is 76.1 Å². The van der Waals surface area contributed by atoms with Crippen molar-refractivity contribution in [2.75, 3.05) is 18.7 Å². The molecule has 0 aliphatic rings. The largest absolute Gasteiger partial charge is 0.493 e. The maximum absolute atomic E-state index is 14.7. The van der Waals surface area contributed by atoms with Crippen LogP contribution in [0.4, 0.5) is 28.0 Å². The Morgan fingerprint density at radius 2 is 1.70 bits per heavy atom. The van der Waals surface area contributed by atoms with Crippen LogP contribution in [0.5, 0.6) is 17.2 Å². The molecule has 0 bridgehead atoms. The molecule has 0 saturated heterocycles. The lowest BCUT2D eigenvalue weighted by Crippen LogP contribution is -2.22. The summed E-state index contributed by atoms with van der Waals surface area (Å²) >= 11 is 5.87. The number of hydrogen-bond donors (Lipinski definition) is 1. The molecule has 0 aliphatic heterocycles. The fourth-order valence-electron chi connectivity index (χ4n) is 3.51. The molecule has 0 saturated carbocycles. The number of anilines is 1. The van der Waals surface area contributed by atoms with E-state index in [0.717, 1.165) is 30.5 Å². The van der Waals surface area contributed by atoms with Gasteiger partial charge in [0.25, 0.3) is 5.91 Å². The van der Waals surface area contributed by atoms with Crippen LogP contribution < -0.4 is 14.8 Å². The molecular weight excluding hydrogens is 618 g/mol. The third-order valence-electron chi connectivity index (χ3n) is 5.37. The van der Waals surface area contributed by atoms with Gasteiger partial charge in [-0.25, -0.2) is 13.4 Å². The maximum atomic E-state index is 14.7. The number of methoxy groups -OCH3 is 1. The number of carbonyl (C=O) groups is 2. The summed E-state index contributed by atoms with van der Waals surface area (Å²) in [4.78, 5) is 24.9. The van der Waals surface area contributed by atoms with Crippen LogP contribution in [-0.4, -0.2) is 35.2 Å². The standard InChI is InChI=1S/C28H24ClF4N3O6S/c1-27(2,3)42-26(38)36-43(5,39)24-11-16(7-8-20(24)30)35-25(37)17-12-19(29)18(28(31,32)33)13-22(17)41-21-9-6-15(14-34)10-23(21)40-4/h6-13H,1-5H3,(H,35,37)/t43-/m1/s1. The van der Waals surface area contributed by atoms with E-state index in [0.29, 0.717) is 6.07 Å². The lowest BCUT2D eigenvalue weighted by atomic mass is 10.1. The predicted octanol–water partition coefficient (Wildman–Crippen LogP) is 7.81. The third kappa shape index (κ3) is 8.36. The molecule has 3 rings (SSSR count). The lowest BCUT2D eigenvalue weighted by molar-refractivity contribution is -0.137. The van der Waals surface area contributed by atoms with Crippen LogP contribution in [0.3, 0.4) is 0 Å². The first-order valence-electron chi connectivity index (χ1n) is 12.1. The Morgan fingerprint density at radius 1 is 1.02 bits per heavy atom. The van der Waals surface area contributed by atoms with Gasteiger partial charge >= 0.3 is 12.3 Å². The first kappa shape index (κ1) is 33.2. The highest BCUT2D eigenvalue weighted by molar-refractivity contribution is 7.93. The van der Waals surface area contributed by atoms with Crippen molar-refractivity contribution < 1.29 is 45.6 Å². The summed E-state index contributed by atoms with van der Waals surface area (Å²) in [5.74, 6) is -2.76. The molecular formula is C28H24ClF4N3O6S. The SMILES string of the molecule is COc1cc(C#N)ccc1Oc1cc(C(F)(F)F)c(Cl)cc1C(=O)Nc1ccc(F)c([S@@](C)(=O)=NC(=O)OC(C)(C)C)c1. The highest BCUT2D eigenvalue weighted by Gasteiger charge is 2.35. The maximum Gasteiger partial charge on any atom is 0.442 e. The van der Waals surface area contributed by atoms with E-state index >= 15 is 0 Å². The van der Waals surface area contributed by atoms with Crippen LogP contribution in [0.25, 0.3) is 0 Å².